The molecular formula is C21H29N2O7+. The van der Waals surface area contributed by atoms with Gasteiger partial charge >= 0.3 is 5.97 Å². The lowest BCUT2D eigenvalue weighted by molar-refractivity contribution is -0.731. The van der Waals surface area contributed by atoms with Crippen LogP contribution in [0.3, 0.4) is 0 Å². The Morgan fingerprint density at radius 1 is 1.07 bits per heavy atom. The fourth-order valence-electron chi connectivity index (χ4n) is 4.71. The van der Waals surface area contributed by atoms with Crippen LogP contribution >= 0.6 is 0 Å². The Kier molecular flexibility index (Phi) is 5.94. The molecule has 1 aromatic rings. The van der Waals surface area contributed by atoms with Crippen LogP contribution in [0.2, 0.25) is 0 Å². The summed E-state index contributed by atoms with van der Waals surface area (Å²) < 4.78 is 21.6. The van der Waals surface area contributed by atoms with E-state index in [1.165, 1.54) is 26.2 Å². The number of hydrogen-bond donors (Lipinski definition) is 1. The Morgan fingerprint density at radius 2 is 1.67 bits per heavy atom. The van der Waals surface area contributed by atoms with E-state index in [0.717, 1.165) is 0 Å². The molecule has 2 amide bonds. The number of rotatable bonds is 7. The van der Waals surface area contributed by atoms with Crippen LogP contribution in [0.15, 0.2) is 12.1 Å². The van der Waals surface area contributed by atoms with Gasteiger partial charge in [-0.05, 0) is 26.0 Å². The van der Waals surface area contributed by atoms with E-state index in [4.69, 9.17) is 18.9 Å². The van der Waals surface area contributed by atoms with Gasteiger partial charge in [0.15, 0.2) is 11.5 Å². The number of esters is 1. The monoisotopic (exact) mass is 421 g/mol. The molecule has 3 rings (SSSR count). The Labute approximate surface area is 175 Å². The second-order valence-electron chi connectivity index (χ2n) is 7.58. The molecule has 2 N–H and O–H groups in total. The van der Waals surface area contributed by atoms with Gasteiger partial charge in [0.05, 0.1) is 27.9 Å². The highest BCUT2D eigenvalue weighted by molar-refractivity contribution is 6.08. The van der Waals surface area contributed by atoms with Crippen LogP contribution in [-0.2, 0) is 19.1 Å². The van der Waals surface area contributed by atoms with Crippen LogP contribution in [0.4, 0.5) is 0 Å². The topological polar surface area (TPSA) is 108 Å². The van der Waals surface area contributed by atoms with Gasteiger partial charge in [0, 0.05) is 19.0 Å². The van der Waals surface area contributed by atoms with E-state index >= 15 is 0 Å². The molecule has 164 valence electrons. The van der Waals surface area contributed by atoms with E-state index in [0.29, 0.717) is 22.8 Å². The lowest BCUT2D eigenvalue weighted by atomic mass is 9.80. The number of hydrogen-bond acceptors (Lipinski definition) is 7. The van der Waals surface area contributed by atoms with E-state index < -0.39 is 29.4 Å². The fourth-order valence-corrected chi connectivity index (χ4v) is 4.71. The summed E-state index contributed by atoms with van der Waals surface area (Å²) in [6.07, 6.45) is 0. The average molecular weight is 421 g/mol. The maximum Gasteiger partial charge on any atom is 0.368 e. The van der Waals surface area contributed by atoms with Crippen molar-refractivity contribution in [2.45, 2.75) is 32.4 Å². The first kappa shape index (κ1) is 21.9. The summed E-state index contributed by atoms with van der Waals surface area (Å²) in [6.45, 7) is 5.58. The number of quaternary nitrogens is 1. The number of benzene rings is 1. The largest absolute Gasteiger partial charge is 0.493 e. The standard InChI is InChI=1S/C21H28N2O7/c1-7-23-18(24)14-15(19(23)25)21(3,20(26)30-8-2)22-16(14)11-9-12(27-4)17(29-6)13(10-11)28-5/h9-10,14-16,22H,7-8H2,1-6H3/p+1/t14-,15+,16+,21+/m0/s1. The molecule has 4 atom stereocenters. The first-order valence-electron chi connectivity index (χ1n) is 9.97. The van der Waals surface area contributed by atoms with Crippen LogP contribution in [-0.4, -0.2) is 62.7 Å². The molecule has 0 saturated carbocycles. The third-order valence-electron chi connectivity index (χ3n) is 6.10. The number of imide groups is 1. The molecule has 2 heterocycles. The van der Waals surface area contributed by atoms with Crippen molar-refractivity contribution in [3.63, 3.8) is 0 Å². The summed E-state index contributed by atoms with van der Waals surface area (Å²) in [5.41, 5.74) is -0.519. The van der Waals surface area contributed by atoms with E-state index in [2.05, 4.69) is 0 Å². The molecule has 1 aromatic carbocycles. The van der Waals surface area contributed by atoms with Crippen LogP contribution in [0, 0.1) is 11.8 Å². The number of likely N-dealkylation sites (tertiary alicyclic amines) is 1. The molecular weight excluding hydrogens is 392 g/mol. The highest BCUT2D eigenvalue weighted by atomic mass is 16.5. The molecule has 0 aliphatic carbocycles. The Hall–Kier alpha value is -2.81. The Bertz CT molecular complexity index is 846. The molecule has 0 radical (unpaired) electrons. The minimum absolute atomic E-state index is 0.189. The summed E-state index contributed by atoms with van der Waals surface area (Å²) in [7, 11) is 4.52. The van der Waals surface area contributed by atoms with Gasteiger partial charge in [-0.2, -0.15) is 0 Å². The smallest absolute Gasteiger partial charge is 0.368 e. The van der Waals surface area contributed by atoms with Gasteiger partial charge < -0.3 is 24.3 Å². The first-order valence-corrected chi connectivity index (χ1v) is 9.97. The molecule has 9 nitrogen and oxygen atoms in total. The summed E-state index contributed by atoms with van der Waals surface area (Å²) in [6, 6.07) is 3.01. The van der Waals surface area contributed by atoms with E-state index in [1.807, 2.05) is 0 Å². The van der Waals surface area contributed by atoms with Crippen molar-refractivity contribution >= 4 is 17.8 Å². The lowest BCUT2D eigenvalue weighted by Crippen LogP contribution is -2.97. The quantitative estimate of drug-likeness (QED) is 0.497. The molecule has 0 aromatic heterocycles. The minimum Gasteiger partial charge on any atom is -0.493 e. The number of carbonyl (C=O) groups is 3. The van der Waals surface area contributed by atoms with Crippen LogP contribution < -0.4 is 19.5 Å². The molecule has 0 bridgehead atoms. The molecule has 0 unspecified atom stereocenters. The average Bonchev–Trinajstić information content (AvgIpc) is 3.20. The number of nitrogens with two attached hydrogens (primary N) is 1. The third-order valence-corrected chi connectivity index (χ3v) is 6.10. The summed E-state index contributed by atoms with van der Waals surface area (Å²) >= 11 is 0. The normalized spacial score (nSPS) is 27.8. The van der Waals surface area contributed by atoms with Crippen LogP contribution in [0.1, 0.15) is 32.4 Å². The van der Waals surface area contributed by atoms with Gasteiger partial charge in [-0.25, -0.2) is 4.79 Å². The fraction of sp³-hybridized carbons (Fsp3) is 0.571. The minimum atomic E-state index is -1.22. The number of nitrogens with zero attached hydrogens (tertiary/aromatic N) is 1. The maximum atomic E-state index is 13.2. The number of fused-ring (bicyclic) bond motifs is 1. The van der Waals surface area contributed by atoms with Crippen molar-refractivity contribution in [3.8, 4) is 17.2 Å². The van der Waals surface area contributed by atoms with Crippen LogP contribution in [0.25, 0.3) is 0 Å². The van der Waals surface area contributed by atoms with Gasteiger partial charge in [0.2, 0.25) is 23.1 Å². The zero-order chi connectivity index (χ0) is 22.2. The van der Waals surface area contributed by atoms with Crippen molar-refractivity contribution in [3.05, 3.63) is 17.7 Å². The van der Waals surface area contributed by atoms with Crippen molar-refractivity contribution in [2.24, 2.45) is 11.8 Å². The zero-order valence-corrected chi connectivity index (χ0v) is 18.2. The van der Waals surface area contributed by atoms with Crippen molar-refractivity contribution in [2.75, 3.05) is 34.5 Å². The number of carbonyl (C=O) groups excluding carboxylic acids is 3. The summed E-state index contributed by atoms with van der Waals surface area (Å²) in [4.78, 5) is 40.3. The molecule has 2 aliphatic rings. The number of amides is 2. The van der Waals surface area contributed by atoms with Crippen LogP contribution in [0.5, 0.6) is 17.2 Å². The Balaban J connectivity index is 2.15. The van der Waals surface area contributed by atoms with Crippen molar-refractivity contribution in [1.29, 1.82) is 0 Å². The highest BCUT2D eigenvalue weighted by Crippen LogP contribution is 2.47. The molecule has 2 saturated heterocycles. The number of ether oxygens (including phenoxy) is 4. The molecule has 9 heteroatoms. The van der Waals surface area contributed by atoms with E-state index in [1.54, 1.807) is 38.2 Å². The maximum absolute atomic E-state index is 13.2. The second kappa shape index (κ2) is 8.14. The zero-order valence-electron chi connectivity index (χ0n) is 18.2. The highest BCUT2D eigenvalue weighted by Gasteiger charge is 2.70. The first-order chi connectivity index (χ1) is 14.3. The van der Waals surface area contributed by atoms with Gasteiger partial charge in [-0.15, -0.1) is 0 Å². The predicted molar refractivity (Wildman–Crippen MR) is 105 cm³/mol. The SMILES string of the molecule is CCOC(=O)[C@]1(C)[NH2+][C@H](c2cc(OC)c(OC)c(OC)c2)[C@H]2C(=O)N(CC)C(=O)[C@@H]21. The molecule has 2 fully saturated rings. The van der Waals surface area contributed by atoms with Crippen molar-refractivity contribution in [1.82, 2.24) is 4.90 Å². The molecule has 2 aliphatic heterocycles. The van der Waals surface area contributed by atoms with Gasteiger partial charge in [-0.1, -0.05) is 0 Å². The van der Waals surface area contributed by atoms with E-state index in [-0.39, 0.29) is 25.0 Å². The third kappa shape index (κ3) is 3.08. The van der Waals surface area contributed by atoms with Gasteiger partial charge in [0.25, 0.3) is 0 Å². The Morgan fingerprint density at radius 3 is 2.13 bits per heavy atom. The van der Waals surface area contributed by atoms with Crippen molar-refractivity contribution < 1.29 is 38.6 Å². The second-order valence-corrected chi connectivity index (χ2v) is 7.58. The predicted octanol–water partition coefficient (Wildman–Crippen LogP) is 0.273. The van der Waals surface area contributed by atoms with Gasteiger partial charge in [0.1, 0.15) is 17.9 Å². The molecule has 0 spiro atoms. The van der Waals surface area contributed by atoms with Gasteiger partial charge in [-0.3, -0.25) is 14.5 Å². The molecule has 30 heavy (non-hydrogen) atoms. The van der Waals surface area contributed by atoms with E-state index in [9.17, 15) is 14.4 Å². The lowest BCUT2D eigenvalue weighted by Gasteiger charge is -2.26. The number of methoxy groups -OCH3 is 3. The summed E-state index contributed by atoms with van der Waals surface area (Å²) in [5, 5.41) is 1.77. The summed E-state index contributed by atoms with van der Waals surface area (Å²) in [5.74, 6) is -1.34.